The zero-order valence-corrected chi connectivity index (χ0v) is 10.4. The van der Waals surface area contributed by atoms with Crippen LogP contribution in [0.1, 0.15) is 46.5 Å². The molecule has 90 valence electrons. The minimum atomic E-state index is -0.375. The molecule has 3 nitrogen and oxygen atoms in total. The Hall–Kier alpha value is -0.120. The molecule has 0 radical (unpaired) electrons. The standard InChI is InChI=1S/C12H25NO2/c1-4-7-9-13-10-8-12(13,14-6-3)15-11-5-2/h4-11H2,1-3H3. The van der Waals surface area contributed by atoms with Gasteiger partial charge >= 0.3 is 0 Å². The van der Waals surface area contributed by atoms with Crippen LogP contribution >= 0.6 is 0 Å². The molecular formula is C12H25NO2. The largest absolute Gasteiger partial charge is 0.337 e. The van der Waals surface area contributed by atoms with Gasteiger partial charge in [0.25, 0.3) is 0 Å². The van der Waals surface area contributed by atoms with Gasteiger partial charge < -0.3 is 9.47 Å². The monoisotopic (exact) mass is 215 g/mol. The Morgan fingerprint density at radius 2 is 1.93 bits per heavy atom. The summed E-state index contributed by atoms with van der Waals surface area (Å²) in [6.45, 7) is 10.1. The fraction of sp³-hybridized carbons (Fsp3) is 1.00. The Morgan fingerprint density at radius 3 is 2.40 bits per heavy atom. The van der Waals surface area contributed by atoms with E-state index in [2.05, 4.69) is 18.7 Å². The Labute approximate surface area is 93.7 Å². The van der Waals surface area contributed by atoms with Crippen LogP contribution < -0.4 is 0 Å². The summed E-state index contributed by atoms with van der Waals surface area (Å²) in [5, 5.41) is 0. The van der Waals surface area contributed by atoms with Crippen molar-refractivity contribution in [2.24, 2.45) is 0 Å². The van der Waals surface area contributed by atoms with Crippen LogP contribution in [0, 0.1) is 0 Å². The second kappa shape index (κ2) is 6.46. The summed E-state index contributed by atoms with van der Waals surface area (Å²) in [4.78, 5) is 2.33. The lowest BCUT2D eigenvalue weighted by molar-refractivity contribution is -0.363. The molecule has 1 aliphatic heterocycles. The lowest BCUT2D eigenvalue weighted by Gasteiger charge is -2.51. The molecule has 1 fully saturated rings. The van der Waals surface area contributed by atoms with Crippen LogP contribution in [0.4, 0.5) is 0 Å². The number of rotatable bonds is 8. The molecule has 1 atom stereocenters. The molecular weight excluding hydrogens is 190 g/mol. The lowest BCUT2D eigenvalue weighted by Crippen LogP contribution is -2.63. The highest BCUT2D eigenvalue weighted by Crippen LogP contribution is 2.33. The molecule has 0 aliphatic carbocycles. The summed E-state index contributed by atoms with van der Waals surface area (Å²) >= 11 is 0. The van der Waals surface area contributed by atoms with E-state index in [-0.39, 0.29) is 5.91 Å². The molecule has 0 saturated carbocycles. The third-order valence-corrected chi connectivity index (χ3v) is 2.86. The van der Waals surface area contributed by atoms with E-state index in [1.165, 1.54) is 12.8 Å². The third-order valence-electron chi connectivity index (χ3n) is 2.86. The van der Waals surface area contributed by atoms with Gasteiger partial charge in [0.2, 0.25) is 5.91 Å². The van der Waals surface area contributed by atoms with Gasteiger partial charge in [0.15, 0.2) is 0 Å². The van der Waals surface area contributed by atoms with Gasteiger partial charge in [-0.15, -0.1) is 0 Å². The van der Waals surface area contributed by atoms with Crippen molar-refractivity contribution in [2.75, 3.05) is 26.3 Å². The van der Waals surface area contributed by atoms with E-state index in [4.69, 9.17) is 9.47 Å². The maximum absolute atomic E-state index is 5.87. The highest BCUT2D eigenvalue weighted by atomic mass is 16.7. The quantitative estimate of drug-likeness (QED) is 0.581. The molecule has 0 amide bonds. The number of ether oxygens (including phenoxy) is 2. The van der Waals surface area contributed by atoms with Gasteiger partial charge in [-0.25, -0.2) is 0 Å². The first-order chi connectivity index (χ1) is 7.29. The first kappa shape index (κ1) is 12.9. The van der Waals surface area contributed by atoms with Crippen molar-refractivity contribution in [3.63, 3.8) is 0 Å². The maximum Gasteiger partial charge on any atom is 0.231 e. The molecule has 1 unspecified atom stereocenters. The van der Waals surface area contributed by atoms with Gasteiger partial charge in [-0.1, -0.05) is 20.3 Å². The summed E-state index contributed by atoms with van der Waals surface area (Å²) < 4.78 is 11.6. The van der Waals surface area contributed by atoms with Crippen molar-refractivity contribution >= 4 is 0 Å². The van der Waals surface area contributed by atoms with Crippen LogP contribution in [0.5, 0.6) is 0 Å². The predicted octanol–water partition coefficient (Wildman–Crippen LogP) is 2.61. The van der Waals surface area contributed by atoms with Gasteiger partial charge in [-0.05, 0) is 19.8 Å². The van der Waals surface area contributed by atoms with Crippen molar-refractivity contribution in [2.45, 2.75) is 52.4 Å². The van der Waals surface area contributed by atoms with E-state index >= 15 is 0 Å². The number of nitrogens with zero attached hydrogens (tertiary/aromatic N) is 1. The zero-order valence-electron chi connectivity index (χ0n) is 10.4. The molecule has 0 aromatic rings. The molecule has 0 N–H and O–H groups in total. The maximum atomic E-state index is 5.87. The Morgan fingerprint density at radius 1 is 1.13 bits per heavy atom. The van der Waals surface area contributed by atoms with E-state index in [9.17, 15) is 0 Å². The van der Waals surface area contributed by atoms with Gasteiger partial charge in [-0.3, -0.25) is 4.90 Å². The van der Waals surface area contributed by atoms with E-state index in [0.29, 0.717) is 0 Å². The van der Waals surface area contributed by atoms with Crippen LogP contribution in [0.2, 0.25) is 0 Å². The molecule has 1 saturated heterocycles. The highest BCUT2D eigenvalue weighted by molar-refractivity contribution is 4.84. The van der Waals surface area contributed by atoms with Crippen molar-refractivity contribution in [3.05, 3.63) is 0 Å². The average Bonchev–Trinajstić information content (AvgIpc) is 2.23. The molecule has 0 aromatic heterocycles. The van der Waals surface area contributed by atoms with Crippen LogP contribution in [0.3, 0.4) is 0 Å². The average molecular weight is 215 g/mol. The molecule has 0 bridgehead atoms. The molecule has 1 rings (SSSR count). The Kier molecular flexibility index (Phi) is 5.58. The Bertz CT molecular complexity index is 175. The smallest absolute Gasteiger partial charge is 0.231 e. The number of hydrogen-bond donors (Lipinski definition) is 0. The summed E-state index contributed by atoms with van der Waals surface area (Å²) in [6, 6.07) is 0. The first-order valence-electron chi connectivity index (χ1n) is 6.32. The summed E-state index contributed by atoms with van der Waals surface area (Å²) in [7, 11) is 0. The molecule has 1 heterocycles. The predicted molar refractivity (Wildman–Crippen MR) is 61.7 cm³/mol. The van der Waals surface area contributed by atoms with Gasteiger partial charge in [0.05, 0.1) is 6.61 Å². The van der Waals surface area contributed by atoms with Crippen LogP contribution in [0.15, 0.2) is 0 Å². The Balaban J connectivity index is 2.41. The highest BCUT2D eigenvalue weighted by Gasteiger charge is 2.46. The minimum absolute atomic E-state index is 0.375. The zero-order chi connectivity index (χ0) is 11.1. The lowest BCUT2D eigenvalue weighted by atomic mass is 10.1. The molecule has 3 heteroatoms. The molecule has 0 spiro atoms. The van der Waals surface area contributed by atoms with Crippen LogP contribution in [-0.4, -0.2) is 37.1 Å². The fourth-order valence-corrected chi connectivity index (χ4v) is 1.94. The van der Waals surface area contributed by atoms with Crippen molar-refractivity contribution in [3.8, 4) is 0 Å². The third kappa shape index (κ3) is 3.16. The van der Waals surface area contributed by atoms with E-state index in [1.807, 2.05) is 6.92 Å². The minimum Gasteiger partial charge on any atom is -0.337 e. The van der Waals surface area contributed by atoms with E-state index < -0.39 is 0 Å². The summed E-state index contributed by atoms with van der Waals surface area (Å²) in [6.07, 6.45) is 4.53. The van der Waals surface area contributed by atoms with Gasteiger partial charge in [-0.2, -0.15) is 0 Å². The van der Waals surface area contributed by atoms with E-state index in [1.54, 1.807) is 0 Å². The normalized spacial score (nSPS) is 26.6. The number of hydrogen-bond acceptors (Lipinski definition) is 3. The second-order valence-electron chi connectivity index (χ2n) is 4.08. The van der Waals surface area contributed by atoms with Crippen LogP contribution in [-0.2, 0) is 9.47 Å². The van der Waals surface area contributed by atoms with Gasteiger partial charge in [0.1, 0.15) is 0 Å². The second-order valence-corrected chi connectivity index (χ2v) is 4.08. The summed E-state index contributed by atoms with van der Waals surface area (Å²) in [5.41, 5.74) is 0. The SMILES string of the molecule is CCCCN1CCC1(OCC)OCCC. The number of unbranched alkanes of at least 4 members (excludes halogenated alkanes) is 1. The molecule has 1 aliphatic rings. The van der Waals surface area contributed by atoms with Crippen molar-refractivity contribution in [1.29, 1.82) is 0 Å². The van der Waals surface area contributed by atoms with Crippen molar-refractivity contribution < 1.29 is 9.47 Å². The van der Waals surface area contributed by atoms with Crippen LogP contribution in [0.25, 0.3) is 0 Å². The topological polar surface area (TPSA) is 21.7 Å². The van der Waals surface area contributed by atoms with E-state index in [0.717, 1.165) is 39.1 Å². The molecule has 0 aromatic carbocycles. The van der Waals surface area contributed by atoms with Gasteiger partial charge in [0, 0.05) is 26.1 Å². The fourth-order valence-electron chi connectivity index (χ4n) is 1.94. The summed E-state index contributed by atoms with van der Waals surface area (Å²) in [5.74, 6) is -0.375. The molecule has 15 heavy (non-hydrogen) atoms. The van der Waals surface area contributed by atoms with Crippen molar-refractivity contribution in [1.82, 2.24) is 4.90 Å². The first-order valence-corrected chi connectivity index (χ1v) is 6.32. The number of likely N-dealkylation sites (tertiary alicyclic amines) is 1.